The molecule has 0 aliphatic carbocycles. The first-order chi connectivity index (χ1) is 6.39. The van der Waals surface area contributed by atoms with E-state index in [1.165, 1.54) is 0 Å². The number of hydrogen-bond donors (Lipinski definition) is 0. The Morgan fingerprint density at radius 1 is 1.36 bits per heavy atom. The van der Waals surface area contributed by atoms with Crippen LogP contribution in [-0.4, -0.2) is 23.5 Å². The van der Waals surface area contributed by atoms with E-state index >= 15 is 0 Å². The molecule has 0 atom stereocenters. The van der Waals surface area contributed by atoms with Crippen LogP contribution in [0.2, 0.25) is 0 Å². The van der Waals surface area contributed by atoms with Gasteiger partial charge in [0.15, 0.2) is 5.89 Å². The number of hydrogen-bond acceptors (Lipinski definition) is 3. The van der Waals surface area contributed by atoms with Crippen molar-refractivity contribution in [2.24, 2.45) is 0 Å². The zero-order valence-corrected chi connectivity index (χ0v) is 10.0. The molecule has 0 saturated carbocycles. The fourth-order valence-electron chi connectivity index (χ4n) is 1.67. The molecule has 0 aromatic carbocycles. The minimum atomic E-state index is -0.0832. The first-order valence-electron chi connectivity index (χ1n) is 5.05. The Bertz CT molecular complexity index is 315. The van der Waals surface area contributed by atoms with Gasteiger partial charge in [0, 0.05) is 6.92 Å². The van der Waals surface area contributed by atoms with Gasteiger partial charge in [-0.25, -0.2) is 4.98 Å². The van der Waals surface area contributed by atoms with Gasteiger partial charge in [-0.3, -0.25) is 4.90 Å². The van der Waals surface area contributed by atoms with Gasteiger partial charge in [0.05, 0.1) is 11.2 Å². The lowest BCUT2D eigenvalue weighted by Gasteiger charge is -2.33. The van der Waals surface area contributed by atoms with Crippen LogP contribution in [0.25, 0.3) is 0 Å². The number of rotatable bonds is 3. The second-order valence-corrected chi connectivity index (χ2v) is 4.22. The van der Waals surface area contributed by atoms with Gasteiger partial charge >= 0.3 is 0 Å². The molecule has 0 fully saturated rings. The third-order valence-corrected chi connectivity index (χ3v) is 2.89. The van der Waals surface area contributed by atoms with Gasteiger partial charge in [0.1, 0.15) is 5.76 Å². The summed E-state index contributed by atoms with van der Waals surface area (Å²) in [5.74, 6) is 1.72. The lowest BCUT2D eigenvalue weighted by molar-refractivity contribution is 0.134. The van der Waals surface area contributed by atoms with Gasteiger partial charge in [0.2, 0.25) is 0 Å². The van der Waals surface area contributed by atoms with Crippen molar-refractivity contribution in [1.82, 2.24) is 9.88 Å². The molecule has 0 aliphatic rings. The third kappa shape index (κ3) is 1.82. The van der Waals surface area contributed by atoms with Crippen molar-refractivity contribution >= 4 is 0 Å². The van der Waals surface area contributed by atoms with E-state index in [2.05, 4.69) is 37.7 Å². The van der Waals surface area contributed by atoms with Crippen LogP contribution in [0.5, 0.6) is 0 Å². The number of aromatic nitrogens is 1. The largest absolute Gasteiger partial charge is 0.444 e. The SMILES string of the molecule is CCN(C)C(C)(C)c1oc(C)nc1C. The molecule has 0 unspecified atom stereocenters. The predicted octanol–water partition coefficient (Wildman–Crippen LogP) is 2.48. The van der Waals surface area contributed by atoms with Crippen LogP contribution in [-0.2, 0) is 5.54 Å². The van der Waals surface area contributed by atoms with E-state index in [-0.39, 0.29) is 5.54 Å². The summed E-state index contributed by atoms with van der Waals surface area (Å²) in [6.07, 6.45) is 0. The number of oxazole rings is 1. The van der Waals surface area contributed by atoms with Gasteiger partial charge in [0.25, 0.3) is 0 Å². The molecule has 0 amide bonds. The molecule has 3 heteroatoms. The monoisotopic (exact) mass is 196 g/mol. The fraction of sp³-hybridized carbons (Fsp3) is 0.727. The zero-order valence-electron chi connectivity index (χ0n) is 10.0. The van der Waals surface area contributed by atoms with Crippen molar-refractivity contribution in [2.75, 3.05) is 13.6 Å². The lowest BCUT2D eigenvalue weighted by atomic mass is 9.98. The van der Waals surface area contributed by atoms with E-state index in [0.717, 1.165) is 23.9 Å². The molecule has 0 radical (unpaired) electrons. The molecule has 80 valence electrons. The zero-order chi connectivity index (χ0) is 10.9. The van der Waals surface area contributed by atoms with E-state index in [1.54, 1.807) is 0 Å². The Labute approximate surface area is 86.1 Å². The second kappa shape index (κ2) is 3.73. The standard InChI is InChI=1S/C11H20N2O/c1-7-13(6)11(4,5)10-8(2)12-9(3)14-10/h7H2,1-6H3. The van der Waals surface area contributed by atoms with Crippen LogP contribution in [0, 0.1) is 13.8 Å². The molecular weight excluding hydrogens is 176 g/mol. The maximum absolute atomic E-state index is 5.65. The van der Waals surface area contributed by atoms with E-state index in [4.69, 9.17) is 4.42 Å². The van der Waals surface area contributed by atoms with Crippen LogP contribution in [0.1, 0.15) is 38.1 Å². The topological polar surface area (TPSA) is 29.3 Å². The van der Waals surface area contributed by atoms with Crippen molar-refractivity contribution in [3.05, 3.63) is 17.3 Å². The lowest BCUT2D eigenvalue weighted by Crippen LogP contribution is -2.38. The van der Waals surface area contributed by atoms with E-state index in [0.29, 0.717) is 0 Å². The average molecular weight is 196 g/mol. The summed E-state index contributed by atoms with van der Waals surface area (Å²) in [6.45, 7) is 11.3. The predicted molar refractivity (Wildman–Crippen MR) is 57.3 cm³/mol. The summed E-state index contributed by atoms with van der Waals surface area (Å²) in [4.78, 5) is 6.55. The highest BCUT2D eigenvalue weighted by Crippen LogP contribution is 2.29. The molecule has 0 aliphatic heterocycles. The molecule has 0 saturated heterocycles. The van der Waals surface area contributed by atoms with Crippen LogP contribution in [0.3, 0.4) is 0 Å². The highest BCUT2D eigenvalue weighted by Gasteiger charge is 2.30. The summed E-state index contributed by atoms with van der Waals surface area (Å²) in [6, 6.07) is 0. The molecule has 1 aromatic heterocycles. The van der Waals surface area contributed by atoms with Gasteiger partial charge in [-0.05, 0) is 34.4 Å². The molecular formula is C11H20N2O. The molecule has 14 heavy (non-hydrogen) atoms. The Morgan fingerprint density at radius 3 is 2.29 bits per heavy atom. The summed E-state index contributed by atoms with van der Waals surface area (Å²) >= 11 is 0. The normalized spacial score (nSPS) is 12.5. The molecule has 0 spiro atoms. The minimum absolute atomic E-state index is 0.0832. The summed E-state index contributed by atoms with van der Waals surface area (Å²) in [5.41, 5.74) is 0.910. The average Bonchev–Trinajstić information content (AvgIpc) is 2.44. The van der Waals surface area contributed by atoms with Gasteiger partial charge in [-0.2, -0.15) is 0 Å². The molecule has 1 heterocycles. The van der Waals surface area contributed by atoms with Gasteiger partial charge in [-0.1, -0.05) is 6.92 Å². The minimum Gasteiger partial charge on any atom is -0.444 e. The Balaban J connectivity index is 3.08. The van der Waals surface area contributed by atoms with E-state index < -0.39 is 0 Å². The van der Waals surface area contributed by atoms with E-state index in [9.17, 15) is 0 Å². The van der Waals surface area contributed by atoms with Crippen LogP contribution in [0.4, 0.5) is 0 Å². The highest BCUT2D eigenvalue weighted by atomic mass is 16.4. The van der Waals surface area contributed by atoms with E-state index in [1.807, 2.05) is 13.8 Å². The van der Waals surface area contributed by atoms with Crippen molar-refractivity contribution in [2.45, 2.75) is 40.2 Å². The van der Waals surface area contributed by atoms with Crippen LogP contribution in [0.15, 0.2) is 4.42 Å². The maximum atomic E-state index is 5.65. The number of nitrogens with zero attached hydrogens (tertiary/aromatic N) is 2. The van der Waals surface area contributed by atoms with Gasteiger partial charge < -0.3 is 4.42 Å². The van der Waals surface area contributed by atoms with Crippen molar-refractivity contribution in [3.8, 4) is 0 Å². The molecule has 1 aromatic rings. The first kappa shape index (κ1) is 11.2. The van der Waals surface area contributed by atoms with Crippen molar-refractivity contribution in [3.63, 3.8) is 0 Å². The third-order valence-electron chi connectivity index (χ3n) is 2.89. The molecule has 1 rings (SSSR count). The number of aryl methyl sites for hydroxylation is 2. The Kier molecular flexibility index (Phi) is 3.00. The Hall–Kier alpha value is -0.830. The second-order valence-electron chi connectivity index (χ2n) is 4.22. The Morgan fingerprint density at radius 2 is 1.93 bits per heavy atom. The summed E-state index contributed by atoms with van der Waals surface area (Å²) in [7, 11) is 2.09. The summed E-state index contributed by atoms with van der Waals surface area (Å²) < 4.78 is 5.65. The fourth-order valence-corrected chi connectivity index (χ4v) is 1.67. The molecule has 0 bridgehead atoms. The molecule has 3 nitrogen and oxygen atoms in total. The molecule has 0 N–H and O–H groups in total. The van der Waals surface area contributed by atoms with Crippen molar-refractivity contribution in [1.29, 1.82) is 0 Å². The maximum Gasteiger partial charge on any atom is 0.191 e. The quantitative estimate of drug-likeness (QED) is 0.743. The highest BCUT2D eigenvalue weighted by molar-refractivity contribution is 5.16. The van der Waals surface area contributed by atoms with Gasteiger partial charge in [-0.15, -0.1) is 0 Å². The first-order valence-corrected chi connectivity index (χ1v) is 5.05. The van der Waals surface area contributed by atoms with Crippen molar-refractivity contribution < 1.29 is 4.42 Å². The summed E-state index contributed by atoms with van der Waals surface area (Å²) in [5, 5.41) is 0. The van der Waals surface area contributed by atoms with Crippen LogP contribution < -0.4 is 0 Å². The van der Waals surface area contributed by atoms with Crippen LogP contribution >= 0.6 is 0 Å². The smallest absolute Gasteiger partial charge is 0.191 e.